The number of nitrogens with two attached hydrogens (primary N) is 3. The molecule has 4 heterocycles. The summed E-state index contributed by atoms with van der Waals surface area (Å²) in [6.07, 6.45) is 13.6. The maximum absolute atomic E-state index is 12.4. The van der Waals surface area contributed by atoms with Gasteiger partial charge in [-0.3, -0.25) is 9.59 Å². The van der Waals surface area contributed by atoms with Gasteiger partial charge in [-0.2, -0.15) is 9.97 Å². The number of primary amides is 2. The molecule has 0 bridgehead atoms. The monoisotopic (exact) mass is 966 g/mol. The lowest BCUT2D eigenvalue weighted by Crippen LogP contribution is -2.50. The Balaban J connectivity index is 0.000000213. The number of aromatic nitrogens is 6. The van der Waals surface area contributed by atoms with Gasteiger partial charge in [0.25, 0.3) is 11.8 Å². The SMILES string of the molecule is COc1ccc(-c2cccc(Nc3nc(N[C@@H]4CCCC[C@@H]4N)ncc3C(N)=O)c2)cn1.COc1ccc(-c2cccc(Nc3nc(N[C@@H]4CCCC[C@@H]4NC(=O)OC(C)(C)C)ncc3C(N)=O)c2)cn1. The van der Waals surface area contributed by atoms with Crippen molar-refractivity contribution < 1.29 is 28.6 Å². The molecule has 372 valence electrons. The molecule has 0 aliphatic heterocycles. The minimum Gasteiger partial charge on any atom is -0.481 e. The highest BCUT2D eigenvalue weighted by Gasteiger charge is 2.30. The number of carbonyl (C=O) groups is 3. The van der Waals surface area contributed by atoms with E-state index < -0.39 is 23.5 Å². The highest BCUT2D eigenvalue weighted by atomic mass is 16.6. The number of hydrogen-bond donors (Lipinski definition) is 8. The van der Waals surface area contributed by atoms with Gasteiger partial charge in [-0.15, -0.1) is 0 Å². The molecule has 71 heavy (non-hydrogen) atoms. The molecule has 0 unspecified atom stereocenters. The minimum absolute atomic E-state index is 0.0503. The second kappa shape index (κ2) is 23.5. The van der Waals surface area contributed by atoms with Gasteiger partial charge in [0.2, 0.25) is 23.7 Å². The molecule has 0 saturated heterocycles. The van der Waals surface area contributed by atoms with Crippen molar-refractivity contribution in [2.45, 2.75) is 102 Å². The van der Waals surface area contributed by atoms with Crippen molar-refractivity contribution in [3.8, 4) is 34.0 Å². The van der Waals surface area contributed by atoms with E-state index >= 15 is 0 Å². The van der Waals surface area contributed by atoms with E-state index in [1.165, 1.54) is 12.4 Å². The van der Waals surface area contributed by atoms with Gasteiger partial charge >= 0.3 is 6.09 Å². The molecular weight excluding hydrogens is 905 g/mol. The molecule has 2 saturated carbocycles. The van der Waals surface area contributed by atoms with E-state index in [2.05, 4.69) is 56.5 Å². The molecule has 2 fully saturated rings. The molecule has 0 radical (unpaired) electrons. The predicted octanol–water partition coefficient (Wildman–Crippen LogP) is 7.71. The summed E-state index contributed by atoms with van der Waals surface area (Å²) in [5.74, 6) is 1.17. The van der Waals surface area contributed by atoms with E-state index in [9.17, 15) is 14.4 Å². The van der Waals surface area contributed by atoms with Crippen LogP contribution in [0.1, 0.15) is 92.9 Å². The number of pyridine rings is 2. The van der Waals surface area contributed by atoms with Gasteiger partial charge in [-0.25, -0.2) is 24.7 Å². The van der Waals surface area contributed by atoms with Crippen LogP contribution in [0.25, 0.3) is 22.3 Å². The topological polar surface area (TPSA) is 294 Å². The number of nitrogens with one attached hydrogen (secondary N) is 5. The van der Waals surface area contributed by atoms with Crippen LogP contribution in [-0.4, -0.2) is 91.8 Å². The smallest absolute Gasteiger partial charge is 0.407 e. The first-order valence-corrected chi connectivity index (χ1v) is 23.5. The van der Waals surface area contributed by atoms with Gasteiger partial charge < -0.3 is 58.0 Å². The summed E-state index contributed by atoms with van der Waals surface area (Å²) in [7, 11) is 3.15. The van der Waals surface area contributed by atoms with Crippen LogP contribution >= 0.6 is 0 Å². The third-order valence-electron chi connectivity index (χ3n) is 11.8. The zero-order valence-electron chi connectivity index (χ0n) is 40.6. The van der Waals surface area contributed by atoms with Crippen LogP contribution in [-0.2, 0) is 4.74 Å². The lowest BCUT2D eigenvalue weighted by Gasteiger charge is -2.33. The van der Waals surface area contributed by atoms with E-state index in [4.69, 9.17) is 31.4 Å². The number of carbonyl (C=O) groups excluding carboxylic acids is 3. The number of benzene rings is 2. The molecule has 2 aliphatic rings. The molecule has 2 aliphatic carbocycles. The fourth-order valence-corrected chi connectivity index (χ4v) is 8.23. The zero-order valence-corrected chi connectivity index (χ0v) is 40.6. The van der Waals surface area contributed by atoms with Gasteiger partial charge in [0.05, 0.1) is 20.3 Å². The van der Waals surface area contributed by atoms with Gasteiger partial charge in [0.15, 0.2) is 0 Å². The standard InChI is InChI=1S/C28H35N7O4.C23H27N7O2/c1-28(2,3)39-27(37)34-22-11-6-5-10-21(22)33-26-31-16-20(24(29)36)25(35-26)32-19-9-7-8-17(14-19)18-12-13-23(38-4)30-15-18;1-32-20-10-9-15(12-26-20)14-5-4-6-16(11-14)28-22-17(21(25)31)13-27-23(30-22)29-19-8-3-2-7-18(19)24/h7-9,12-16,21-22H,5-6,10-11H2,1-4H3,(H2,29,36)(H,34,37)(H2,31,32,33,35);4-6,9-13,18-19H,2-3,7-8,24H2,1H3,(H2,25,31)(H2,27,28,29,30)/t21-,22+;18-,19+/m10/s1. The van der Waals surface area contributed by atoms with Crippen molar-refractivity contribution >= 4 is 52.8 Å². The third kappa shape index (κ3) is 14.2. The number of hydrogen-bond acceptors (Lipinski definition) is 17. The largest absolute Gasteiger partial charge is 0.481 e. The molecule has 3 amide bonds. The minimum atomic E-state index is -0.651. The molecule has 8 rings (SSSR count). The molecular formula is C51H62N14O6. The molecule has 20 nitrogen and oxygen atoms in total. The Hall–Kier alpha value is -8.13. The highest BCUT2D eigenvalue weighted by molar-refractivity contribution is 5.99. The number of anilines is 6. The summed E-state index contributed by atoms with van der Waals surface area (Å²) < 4.78 is 15.7. The highest BCUT2D eigenvalue weighted by Crippen LogP contribution is 2.30. The molecule has 2 aromatic carbocycles. The first-order valence-electron chi connectivity index (χ1n) is 23.5. The maximum Gasteiger partial charge on any atom is 0.407 e. The van der Waals surface area contributed by atoms with Crippen molar-refractivity contribution in [3.05, 3.63) is 109 Å². The lowest BCUT2D eigenvalue weighted by atomic mass is 9.90. The van der Waals surface area contributed by atoms with Crippen molar-refractivity contribution in [1.82, 2.24) is 35.2 Å². The first kappa shape index (κ1) is 50.7. The van der Waals surface area contributed by atoms with Crippen LogP contribution in [0, 0.1) is 0 Å². The van der Waals surface area contributed by atoms with Crippen molar-refractivity contribution in [1.29, 1.82) is 0 Å². The number of amides is 3. The average molecular weight is 967 g/mol. The number of alkyl carbamates (subject to hydrolysis) is 1. The average Bonchev–Trinajstić information content (AvgIpc) is 3.35. The quantitative estimate of drug-likeness (QED) is 0.0489. The van der Waals surface area contributed by atoms with Crippen LogP contribution < -0.4 is 53.3 Å². The zero-order chi connectivity index (χ0) is 50.5. The predicted molar refractivity (Wildman–Crippen MR) is 273 cm³/mol. The summed E-state index contributed by atoms with van der Waals surface area (Å²) in [4.78, 5) is 62.7. The van der Waals surface area contributed by atoms with Crippen molar-refractivity contribution in [2.24, 2.45) is 17.2 Å². The van der Waals surface area contributed by atoms with Gasteiger partial charge in [-0.1, -0.05) is 49.9 Å². The van der Waals surface area contributed by atoms with Gasteiger partial charge in [0.1, 0.15) is 28.4 Å². The van der Waals surface area contributed by atoms with Crippen LogP contribution in [0.5, 0.6) is 11.8 Å². The summed E-state index contributed by atoms with van der Waals surface area (Å²) in [5, 5.41) is 16.0. The van der Waals surface area contributed by atoms with Crippen molar-refractivity contribution in [2.75, 3.05) is 35.5 Å². The Morgan fingerprint density at radius 2 is 1.04 bits per heavy atom. The Morgan fingerprint density at radius 3 is 1.48 bits per heavy atom. The maximum atomic E-state index is 12.4. The summed E-state index contributed by atoms with van der Waals surface area (Å²) in [6.45, 7) is 5.49. The van der Waals surface area contributed by atoms with E-state index in [0.29, 0.717) is 35.2 Å². The first-order chi connectivity index (χ1) is 34.1. The van der Waals surface area contributed by atoms with Crippen LogP contribution in [0.4, 0.5) is 39.7 Å². The number of methoxy groups -OCH3 is 2. The van der Waals surface area contributed by atoms with Gasteiger partial charge in [-0.05, 0) is 94.0 Å². The Bertz CT molecular complexity index is 2770. The normalized spacial score (nSPS) is 17.5. The Kier molecular flexibility index (Phi) is 16.8. The molecule has 11 N–H and O–H groups in total. The van der Waals surface area contributed by atoms with E-state index in [0.717, 1.165) is 79.3 Å². The molecule has 6 aromatic rings. The van der Waals surface area contributed by atoms with Gasteiger partial charge in [0, 0.05) is 77.5 Å². The summed E-state index contributed by atoms with van der Waals surface area (Å²) in [6, 6.07) is 22.7. The second-order valence-corrected chi connectivity index (χ2v) is 18.2. The van der Waals surface area contributed by atoms with Crippen molar-refractivity contribution in [3.63, 3.8) is 0 Å². The Labute approximate surface area is 412 Å². The molecule has 20 heteroatoms. The fourth-order valence-electron chi connectivity index (χ4n) is 8.23. The van der Waals surface area contributed by atoms with E-state index in [-0.39, 0.29) is 41.1 Å². The van der Waals surface area contributed by atoms with E-state index in [1.54, 1.807) is 38.7 Å². The number of ether oxygens (including phenoxy) is 3. The van der Waals surface area contributed by atoms with E-state index in [1.807, 2.05) is 81.4 Å². The molecule has 4 aromatic heterocycles. The van der Waals surface area contributed by atoms with Crippen LogP contribution in [0.15, 0.2) is 97.6 Å². The molecule has 4 atom stereocenters. The number of rotatable bonds is 15. The second-order valence-electron chi connectivity index (χ2n) is 18.2. The molecule has 0 spiro atoms. The number of nitrogens with zero attached hydrogens (tertiary/aromatic N) is 6. The lowest BCUT2D eigenvalue weighted by molar-refractivity contribution is 0.0488. The fraction of sp³-hybridized carbons (Fsp3) is 0.353. The summed E-state index contributed by atoms with van der Waals surface area (Å²) >= 11 is 0. The Morgan fingerprint density at radius 1 is 0.577 bits per heavy atom. The third-order valence-corrected chi connectivity index (χ3v) is 11.8. The van der Waals surface area contributed by atoms with Crippen LogP contribution in [0.2, 0.25) is 0 Å². The summed E-state index contributed by atoms with van der Waals surface area (Å²) in [5.41, 5.74) is 22.3. The van der Waals surface area contributed by atoms with Crippen LogP contribution in [0.3, 0.4) is 0 Å².